The van der Waals surface area contributed by atoms with Gasteiger partial charge in [0.05, 0.1) is 0 Å². The maximum absolute atomic E-state index is 6.35. The summed E-state index contributed by atoms with van der Waals surface area (Å²) >= 11 is 7.39. The van der Waals surface area contributed by atoms with Crippen molar-refractivity contribution < 1.29 is 4.74 Å². The van der Waals surface area contributed by atoms with Gasteiger partial charge in [-0.1, -0.05) is 51.1 Å². The molecule has 1 aromatic rings. The fourth-order valence-electron chi connectivity index (χ4n) is 3.61. The summed E-state index contributed by atoms with van der Waals surface area (Å²) < 4.78 is 7.47. The van der Waals surface area contributed by atoms with Gasteiger partial charge < -0.3 is 4.74 Å². The molecular weight excluding hydrogens is 368 g/mol. The van der Waals surface area contributed by atoms with E-state index in [1.54, 1.807) is 0 Å². The Balaban J connectivity index is 1.76. The van der Waals surface area contributed by atoms with Crippen LogP contribution in [0.25, 0.3) is 0 Å². The van der Waals surface area contributed by atoms with Crippen LogP contribution in [0.2, 0.25) is 0 Å². The zero-order valence-electron chi connectivity index (χ0n) is 11.3. The number of alkyl halides is 1. The van der Waals surface area contributed by atoms with Gasteiger partial charge in [0.2, 0.25) is 0 Å². The van der Waals surface area contributed by atoms with E-state index in [2.05, 4.69) is 57.0 Å². The normalized spacial score (nSPS) is 29.0. The van der Waals surface area contributed by atoms with Gasteiger partial charge in [-0.3, -0.25) is 0 Å². The van der Waals surface area contributed by atoms with Crippen molar-refractivity contribution in [2.45, 2.75) is 56.4 Å². The first-order chi connectivity index (χ1) is 9.12. The molecule has 1 spiro atoms. The van der Waals surface area contributed by atoms with Crippen LogP contribution in [0.5, 0.6) is 5.75 Å². The number of rotatable bonds is 2. The second-order valence-electron chi connectivity index (χ2n) is 6.01. The molecule has 2 aliphatic carbocycles. The highest BCUT2D eigenvalue weighted by Crippen LogP contribution is 2.56. The summed E-state index contributed by atoms with van der Waals surface area (Å²) in [6.45, 7) is 2.12. The van der Waals surface area contributed by atoms with Crippen LogP contribution in [0.15, 0.2) is 22.7 Å². The maximum atomic E-state index is 6.35. The molecule has 2 saturated carbocycles. The zero-order chi connectivity index (χ0) is 13.5. The van der Waals surface area contributed by atoms with Crippen molar-refractivity contribution in [1.82, 2.24) is 0 Å². The molecule has 0 amide bonds. The predicted octanol–water partition coefficient (Wildman–Crippen LogP) is 5.62. The molecule has 0 radical (unpaired) electrons. The highest BCUT2D eigenvalue weighted by Gasteiger charge is 2.55. The van der Waals surface area contributed by atoms with Crippen molar-refractivity contribution in [1.29, 1.82) is 0 Å². The van der Waals surface area contributed by atoms with Crippen molar-refractivity contribution in [3.05, 3.63) is 28.2 Å². The molecule has 2 unspecified atom stereocenters. The topological polar surface area (TPSA) is 9.23 Å². The molecule has 3 rings (SSSR count). The van der Waals surface area contributed by atoms with Crippen LogP contribution in [0.1, 0.15) is 44.1 Å². The summed E-state index contributed by atoms with van der Waals surface area (Å²) in [5, 5.41) is 0. The second kappa shape index (κ2) is 5.40. The Kier molecular flexibility index (Phi) is 3.96. The van der Waals surface area contributed by atoms with Gasteiger partial charge in [0.1, 0.15) is 11.9 Å². The van der Waals surface area contributed by atoms with E-state index in [0.717, 1.165) is 16.6 Å². The van der Waals surface area contributed by atoms with E-state index in [4.69, 9.17) is 4.74 Å². The van der Waals surface area contributed by atoms with Gasteiger partial charge in [0.25, 0.3) is 0 Å². The molecule has 0 aromatic heterocycles. The first kappa shape index (κ1) is 13.9. The molecule has 1 nitrogen and oxygen atoms in total. The number of hydrogen-bond donors (Lipinski definition) is 0. The van der Waals surface area contributed by atoms with Gasteiger partial charge >= 0.3 is 0 Å². The quantitative estimate of drug-likeness (QED) is 0.598. The Morgan fingerprint density at radius 2 is 1.95 bits per heavy atom. The third-order valence-electron chi connectivity index (χ3n) is 4.88. The number of ether oxygens (including phenoxy) is 1. The lowest BCUT2D eigenvalue weighted by Gasteiger charge is -2.55. The van der Waals surface area contributed by atoms with Crippen molar-refractivity contribution in [2.75, 3.05) is 0 Å². The van der Waals surface area contributed by atoms with Gasteiger partial charge in [-0.2, -0.15) is 0 Å². The Hall–Kier alpha value is -0.0200. The van der Waals surface area contributed by atoms with Gasteiger partial charge in [-0.15, -0.1) is 0 Å². The molecule has 104 valence electrons. The van der Waals surface area contributed by atoms with E-state index in [9.17, 15) is 0 Å². The lowest BCUT2D eigenvalue weighted by Crippen LogP contribution is -2.57. The Bertz CT molecular complexity index is 466. The number of halogens is 2. The molecule has 0 N–H and O–H groups in total. The van der Waals surface area contributed by atoms with Crippen LogP contribution < -0.4 is 4.74 Å². The maximum Gasteiger partial charge on any atom is 0.122 e. The summed E-state index contributed by atoms with van der Waals surface area (Å²) in [7, 11) is 0. The first-order valence-corrected chi connectivity index (χ1v) is 8.89. The Labute approximate surface area is 132 Å². The van der Waals surface area contributed by atoms with Gasteiger partial charge in [-0.05, 0) is 49.9 Å². The van der Waals surface area contributed by atoms with E-state index >= 15 is 0 Å². The predicted molar refractivity (Wildman–Crippen MR) is 86.1 cm³/mol. The van der Waals surface area contributed by atoms with Crippen molar-refractivity contribution >= 4 is 31.9 Å². The number of benzene rings is 1. The lowest BCUT2D eigenvalue weighted by atomic mass is 9.58. The molecule has 2 fully saturated rings. The summed E-state index contributed by atoms with van der Waals surface area (Å²) in [4.78, 5) is 0.654. The van der Waals surface area contributed by atoms with Crippen LogP contribution in [-0.2, 0) is 0 Å². The molecule has 2 aliphatic rings. The molecule has 1 aromatic carbocycles. The van der Waals surface area contributed by atoms with Gasteiger partial charge in [0, 0.05) is 14.7 Å². The minimum Gasteiger partial charge on any atom is -0.489 e. The first-order valence-electron chi connectivity index (χ1n) is 7.19. The SMILES string of the molecule is Cc1cc(Br)ccc1OC1CC(Br)C12CCCCC2. The smallest absolute Gasteiger partial charge is 0.122 e. The van der Waals surface area contributed by atoms with Crippen LogP contribution in [0.3, 0.4) is 0 Å². The summed E-state index contributed by atoms with van der Waals surface area (Å²) in [5.41, 5.74) is 1.62. The largest absolute Gasteiger partial charge is 0.489 e. The van der Waals surface area contributed by atoms with Crippen LogP contribution >= 0.6 is 31.9 Å². The van der Waals surface area contributed by atoms with E-state index < -0.39 is 0 Å². The van der Waals surface area contributed by atoms with Crippen molar-refractivity contribution in [3.8, 4) is 5.75 Å². The van der Waals surface area contributed by atoms with E-state index in [1.165, 1.54) is 37.7 Å². The molecule has 2 atom stereocenters. The summed E-state index contributed by atoms with van der Waals surface area (Å²) in [5.74, 6) is 1.05. The molecule has 0 heterocycles. The minimum atomic E-state index is 0.400. The molecule has 0 aliphatic heterocycles. The molecular formula is C16H20Br2O. The fraction of sp³-hybridized carbons (Fsp3) is 0.625. The standard InChI is InChI=1S/C16H20Br2O/c1-11-9-12(17)5-6-13(11)19-15-10-14(18)16(15)7-3-2-4-8-16/h5-6,9,14-15H,2-4,7-8,10H2,1H3. The lowest BCUT2D eigenvalue weighted by molar-refractivity contribution is -0.0604. The Morgan fingerprint density at radius 3 is 2.58 bits per heavy atom. The Morgan fingerprint density at radius 1 is 1.21 bits per heavy atom. The average molecular weight is 388 g/mol. The number of hydrogen-bond acceptors (Lipinski definition) is 1. The molecule has 19 heavy (non-hydrogen) atoms. The van der Waals surface area contributed by atoms with E-state index in [1.807, 2.05) is 0 Å². The van der Waals surface area contributed by atoms with Gasteiger partial charge in [0.15, 0.2) is 0 Å². The highest BCUT2D eigenvalue weighted by molar-refractivity contribution is 9.10. The van der Waals surface area contributed by atoms with E-state index in [0.29, 0.717) is 16.3 Å². The second-order valence-corrected chi connectivity index (χ2v) is 8.03. The monoisotopic (exact) mass is 386 g/mol. The third-order valence-corrected chi connectivity index (χ3v) is 6.66. The highest BCUT2D eigenvalue weighted by atomic mass is 79.9. The van der Waals surface area contributed by atoms with E-state index in [-0.39, 0.29) is 0 Å². The summed E-state index contributed by atoms with van der Waals surface area (Å²) in [6, 6.07) is 6.30. The average Bonchev–Trinajstić information content (AvgIpc) is 2.42. The summed E-state index contributed by atoms with van der Waals surface area (Å²) in [6.07, 6.45) is 8.31. The molecule has 0 bridgehead atoms. The third kappa shape index (κ3) is 2.49. The van der Waals surface area contributed by atoms with Gasteiger partial charge in [-0.25, -0.2) is 0 Å². The van der Waals surface area contributed by atoms with Crippen LogP contribution in [-0.4, -0.2) is 10.9 Å². The molecule has 3 heteroatoms. The van der Waals surface area contributed by atoms with Crippen LogP contribution in [0.4, 0.5) is 0 Å². The van der Waals surface area contributed by atoms with Crippen molar-refractivity contribution in [3.63, 3.8) is 0 Å². The minimum absolute atomic E-state index is 0.400. The number of aryl methyl sites for hydroxylation is 1. The van der Waals surface area contributed by atoms with Crippen molar-refractivity contribution in [2.24, 2.45) is 5.41 Å². The van der Waals surface area contributed by atoms with Crippen LogP contribution in [0, 0.1) is 12.3 Å². The molecule has 0 saturated heterocycles. The fourth-order valence-corrected chi connectivity index (χ4v) is 5.18. The zero-order valence-corrected chi connectivity index (χ0v) is 14.5.